The maximum absolute atomic E-state index is 12.2. The molecule has 2 rings (SSSR count). The highest BCUT2D eigenvalue weighted by molar-refractivity contribution is 9.11. The predicted octanol–water partition coefficient (Wildman–Crippen LogP) is 4.64. The fourth-order valence-electron chi connectivity index (χ4n) is 1.60. The van der Waals surface area contributed by atoms with Gasteiger partial charge < -0.3 is 15.5 Å². The van der Waals surface area contributed by atoms with Gasteiger partial charge in [0.25, 0.3) is 5.91 Å². The lowest BCUT2D eigenvalue weighted by Gasteiger charge is -2.12. The van der Waals surface area contributed by atoms with Crippen LogP contribution in [-0.2, 0) is 0 Å². The Morgan fingerprint density at radius 2 is 1.50 bits per heavy atom. The van der Waals surface area contributed by atoms with Crippen LogP contribution in [-0.4, -0.2) is 16.1 Å². The molecule has 0 radical (unpaired) electrons. The number of carbonyl (C=O) groups excluding carboxylic acids is 1. The van der Waals surface area contributed by atoms with E-state index in [4.69, 9.17) is 0 Å². The lowest BCUT2D eigenvalue weighted by molar-refractivity contribution is 0.102. The predicted molar refractivity (Wildman–Crippen MR) is 87.3 cm³/mol. The maximum atomic E-state index is 12.2. The van der Waals surface area contributed by atoms with Gasteiger partial charge >= 0.3 is 0 Å². The van der Waals surface area contributed by atoms with E-state index < -0.39 is 5.91 Å². The Kier molecular flexibility index (Phi) is 4.72. The van der Waals surface area contributed by atoms with Crippen LogP contribution in [0.1, 0.15) is 10.4 Å². The van der Waals surface area contributed by atoms with E-state index in [1.54, 1.807) is 12.1 Å². The van der Waals surface area contributed by atoms with Crippen LogP contribution in [0.25, 0.3) is 0 Å². The number of phenols is 2. The molecule has 0 heterocycles. The fraction of sp³-hybridized carbons (Fsp3) is 0. The molecule has 0 bridgehead atoms. The lowest BCUT2D eigenvalue weighted by Crippen LogP contribution is -2.13. The number of nitrogens with one attached hydrogen (secondary N) is 1. The molecule has 0 aromatic heterocycles. The van der Waals surface area contributed by atoms with Crippen LogP contribution >= 0.6 is 47.8 Å². The van der Waals surface area contributed by atoms with Gasteiger partial charge in [-0.2, -0.15) is 0 Å². The quantitative estimate of drug-likeness (QED) is 0.605. The first-order valence-electron chi connectivity index (χ1n) is 5.37. The summed E-state index contributed by atoms with van der Waals surface area (Å²) in [6, 6.07) is 7.66. The highest BCUT2D eigenvalue weighted by Gasteiger charge is 2.18. The van der Waals surface area contributed by atoms with E-state index in [9.17, 15) is 15.0 Å². The van der Waals surface area contributed by atoms with Crippen molar-refractivity contribution in [1.82, 2.24) is 0 Å². The number of benzene rings is 2. The summed E-state index contributed by atoms with van der Waals surface area (Å²) in [4.78, 5) is 12.2. The molecule has 0 saturated heterocycles. The number of hydrogen-bond donors (Lipinski definition) is 3. The van der Waals surface area contributed by atoms with Crippen LogP contribution in [0.5, 0.6) is 11.5 Å². The number of carbonyl (C=O) groups is 1. The minimum absolute atomic E-state index is 0.172. The molecule has 0 aliphatic rings. The summed E-state index contributed by atoms with van der Waals surface area (Å²) in [6.45, 7) is 0. The summed E-state index contributed by atoms with van der Waals surface area (Å²) >= 11 is 10.0. The van der Waals surface area contributed by atoms with Crippen molar-refractivity contribution in [1.29, 1.82) is 0 Å². The first-order chi connectivity index (χ1) is 9.40. The van der Waals surface area contributed by atoms with Gasteiger partial charge in [-0.25, -0.2) is 0 Å². The van der Waals surface area contributed by atoms with Gasteiger partial charge in [0, 0.05) is 13.4 Å². The molecule has 104 valence electrons. The first kappa shape index (κ1) is 15.3. The number of hydrogen-bond acceptors (Lipinski definition) is 3. The number of halogens is 3. The zero-order valence-corrected chi connectivity index (χ0v) is 14.6. The molecule has 0 aliphatic carbocycles. The molecule has 0 unspecified atom stereocenters. The molecule has 0 fully saturated rings. The van der Waals surface area contributed by atoms with Gasteiger partial charge in [0.2, 0.25) is 0 Å². The van der Waals surface area contributed by atoms with E-state index >= 15 is 0 Å². The summed E-state index contributed by atoms with van der Waals surface area (Å²) < 4.78 is 2.14. The number of amides is 1. The minimum Gasteiger partial charge on any atom is -0.507 e. The van der Waals surface area contributed by atoms with Crippen molar-refractivity contribution in [3.8, 4) is 11.5 Å². The Balaban J connectivity index is 2.38. The van der Waals surface area contributed by atoms with Crippen molar-refractivity contribution >= 4 is 59.4 Å². The molecular formula is C13H8Br3NO3. The Morgan fingerprint density at radius 1 is 1.00 bits per heavy atom. The minimum atomic E-state index is -0.607. The molecule has 0 aliphatic heterocycles. The van der Waals surface area contributed by atoms with Gasteiger partial charge in [-0.05, 0) is 56.1 Å². The third-order valence-corrected chi connectivity index (χ3v) is 4.20. The second-order valence-electron chi connectivity index (χ2n) is 3.87. The topological polar surface area (TPSA) is 69.6 Å². The molecule has 3 N–H and O–H groups in total. The van der Waals surface area contributed by atoms with Crippen LogP contribution in [0, 0.1) is 0 Å². The highest BCUT2D eigenvalue weighted by Crippen LogP contribution is 2.35. The third kappa shape index (κ3) is 3.16. The molecule has 2 aromatic carbocycles. The van der Waals surface area contributed by atoms with Crippen molar-refractivity contribution in [3.05, 3.63) is 49.3 Å². The molecule has 1 amide bonds. The smallest absolute Gasteiger partial charge is 0.263 e. The third-order valence-electron chi connectivity index (χ3n) is 2.49. The van der Waals surface area contributed by atoms with Gasteiger partial charge in [-0.1, -0.05) is 22.0 Å². The zero-order chi connectivity index (χ0) is 14.9. The largest absolute Gasteiger partial charge is 0.507 e. The van der Waals surface area contributed by atoms with Crippen LogP contribution in [0.3, 0.4) is 0 Å². The second-order valence-corrected chi connectivity index (χ2v) is 6.49. The Hall–Kier alpha value is -1.05. The SMILES string of the molecule is O=C(Nc1c(Br)cc(Br)cc1Br)c1c(O)cccc1O. The number of anilines is 1. The molecule has 20 heavy (non-hydrogen) atoms. The van der Waals surface area contributed by atoms with E-state index in [2.05, 4.69) is 53.1 Å². The van der Waals surface area contributed by atoms with Crippen molar-refractivity contribution in [2.75, 3.05) is 5.32 Å². The molecule has 0 spiro atoms. The highest BCUT2D eigenvalue weighted by atomic mass is 79.9. The molecule has 7 heteroatoms. The van der Waals surface area contributed by atoms with Crippen molar-refractivity contribution in [2.45, 2.75) is 0 Å². The normalized spacial score (nSPS) is 10.3. The first-order valence-corrected chi connectivity index (χ1v) is 7.75. The van der Waals surface area contributed by atoms with E-state index in [0.717, 1.165) is 4.47 Å². The number of aromatic hydroxyl groups is 2. The summed E-state index contributed by atoms with van der Waals surface area (Å²) in [5, 5.41) is 22.0. The molecular weight excluding hydrogens is 458 g/mol. The molecule has 4 nitrogen and oxygen atoms in total. The van der Waals surface area contributed by atoms with E-state index in [1.807, 2.05) is 0 Å². The van der Waals surface area contributed by atoms with Crippen molar-refractivity contribution < 1.29 is 15.0 Å². The number of rotatable bonds is 2. The average molecular weight is 466 g/mol. The lowest BCUT2D eigenvalue weighted by atomic mass is 10.1. The van der Waals surface area contributed by atoms with Crippen LogP contribution in [0.15, 0.2) is 43.7 Å². The molecule has 0 saturated carbocycles. The summed E-state index contributed by atoms with van der Waals surface area (Å²) in [6.07, 6.45) is 0. The number of phenolic OH excluding ortho intramolecular Hbond substituents is 2. The summed E-state index contributed by atoms with van der Waals surface area (Å²) in [7, 11) is 0. The van der Waals surface area contributed by atoms with Gasteiger partial charge in [0.05, 0.1) is 5.69 Å². The van der Waals surface area contributed by atoms with Gasteiger partial charge in [0.1, 0.15) is 17.1 Å². The van der Waals surface area contributed by atoms with Gasteiger partial charge in [-0.3, -0.25) is 4.79 Å². The zero-order valence-electron chi connectivity index (χ0n) is 9.82. The Morgan fingerprint density at radius 3 is 2.00 bits per heavy atom. The van der Waals surface area contributed by atoms with Crippen molar-refractivity contribution in [2.24, 2.45) is 0 Å². The standard InChI is InChI=1S/C13H8Br3NO3/c14-6-4-7(15)12(8(16)5-6)17-13(20)11-9(18)2-1-3-10(11)19/h1-5,18-19H,(H,17,20). The maximum Gasteiger partial charge on any atom is 0.263 e. The molecule has 2 aromatic rings. The fourth-order valence-corrected chi connectivity index (χ4v) is 4.06. The second kappa shape index (κ2) is 6.15. The monoisotopic (exact) mass is 463 g/mol. The van der Waals surface area contributed by atoms with Gasteiger partial charge in [-0.15, -0.1) is 0 Å². The van der Waals surface area contributed by atoms with Crippen LogP contribution in [0.4, 0.5) is 5.69 Å². The van der Waals surface area contributed by atoms with Crippen LogP contribution < -0.4 is 5.32 Å². The molecule has 0 atom stereocenters. The van der Waals surface area contributed by atoms with E-state index in [0.29, 0.717) is 14.6 Å². The average Bonchev–Trinajstić information content (AvgIpc) is 2.33. The summed E-state index contributed by atoms with van der Waals surface area (Å²) in [5.74, 6) is -1.18. The van der Waals surface area contributed by atoms with E-state index in [1.165, 1.54) is 18.2 Å². The van der Waals surface area contributed by atoms with Crippen LogP contribution in [0.2, 0.25) is 0 Å². The Labute approximate surface area is 140 Å². The Bertz CT molecular complexity index is 645. The van der Waals surface area contributed by atoms with Gasteiger partial charge in [0.15, 0.2) is 0 Å². The van der Waals surface area contributed by atoms with E-state index in [-0.39, 0.29) is 17.1 Å². The summed E-state index contributed by atoms with van der Waals surface area (Å²) in [5.41, 5.74) is 0.329. The van der Waals surface area contributed by atoms with Crippen molar-refractivity contribution in [3.63, 3.8) is 0 Å².